The Morgan fingerprint density at radius 3 is 2.75 bits per heavy atom. The first kappa shape index (κ1) is 16.5. The number of hydrogen-bond acceptors (Lipinski definition) is 6. The van der Waals surface area contributed by atoms with Crippen molar-refractivity contribution in [2.45, 2.75) is 5.03 Å². The Hall–Kier alpha value is -2.36. The summed E-state index contributed by atoms with van der Waals surface area (Å²) in [5.41, 5.74) is 6.66. The first-order valence-electron chi connectivity index (χ1n) is 6.66. The van der Waals surface area contributed by atoms with Crippen LogP contribution in [-0.2, 0) is 10.0 Å². The molecule has 126 valence electrons. The number of halogens is 2. The SMILES string of the molecule is CNS(=O)(=O)c1nccc2c(Nc3ccc(F)c(Cl)c3)c(N)oc12. The number of furan rings is 1. The number of anilines is 3. The molecule has 2 heterocycles. The Kier molecular flexibility index (Phi) is 4.08. The number of sulfonamides is 1. The van der Waals surface area contributed by atoms with E-state index in [0.29, 0.717) is 16.8 Å². The highest BCUT2D eigenvalue weighted by molar-refractivity contribution is 7.89. The van der Waals surface area contributed by atoms with Crippen molar-refractivity contribution in [2.24, 2.45) is 0 Å². The number of nitrogens with one attached hydrogen (secondary N) is 2. The number of benzene rings is 1. The molecule has 0 aliphatic heterocycles. The first-order chi connectivity index (χ1) is 11.3. The number of nitrogens with zero attached hydrogens (tertiary/aromatic N) is 1. The molecule has 0 fully saturated rings. The minimum atomic E-state index is -3.82. The predicted molar refractivity (Wildman–Crippen MR) is 89.4 cm³/mol. The standard InChI is InChI=1S/C14H12ClFN4O3S/c1-18-24(21,22)14-12-8(4-5-19-14)11(13(17)23-12)20-7-2-3-10(16)9(15)6-7/h2-6,18,20H,17H2,1H3. The van der Waals surface area contributed by atoms with Crippen molar-refractivity contribution < 1.29 is 17.2 Å². The van der Waals surface area contributed by atoms with Gasteiger partial charge in [-0.3, -0.25) is 0 Å². The van der Waals surface area contributed by atoms with Gasteiger partial charge in [-0.25, -0.2) is 22.5 Å². The van der Waals surface area contributed by atoms with Crippen molar-refractivity contribution in [1.82, 2.24) is 9.71 Å². The summed E-state index contributed by atoms with van der Waals surface area (Å²) in [5, 5.41) is 3.02. The summed E-state index contributed by atoms with van der Waals surface area (Å²) in [6.07, 6.45) is 1.32. The van der Waals surface area contributed by atoms with E-state index in [2.05, 4.69) is 15.0 Å². The van der Waals surface area contributed by atoms with Crippen LogP contribution in [0.1, 0.15) is 0 Å². The monoisotopic (exact) mass is 370 g/mol. The molecule has 10 heteroatoms. The van der Waals surface area contributed by atoms with Crippen LogP contribution in [0.3, 0.4) is 0 Å². The molecule has 0 amide bonds. The molecule has 7 nitrogen and oxygen atoms in total. The lowest BCUT2D eigenvalue weighted by atomic mass is 10.2. The van der Waals surface area contributed by atoms with Crippen molar-refractivity contribution in [1.29, 1.82) is 0 Å². The minimum Gasteiger partial charge on any atom is -0.436 e. The van der Waals surface area contributed by atoms with E-state index in [4.69, 9.17) is 21.8 Å². The fraction of sp³-hybridized carbons (Fsp3) is 0.0714. The molecule has 0 aliphatic rings. The van der Waals surface area contributed by atoms with Crippen LogP contribution in [0.25, 0.3) is 11.0 Å². The van der Waals surface area contributed by atoms with Gasteiger partial charge in [0.15, 0.2) is 5.58 Å². The third kappa shape index (κ3) is 2.77. The molecule has 3 aromatic rings. The van der Waals surface area contributed by atoms with Gasteiger partial charge in [0, 0.05) is 11.9 Å². The molecule has 0 atom stereocenters. The summed E-state index contributed by atoms with van der Waals surface area (Å²) >= 11 is 5.75. The lowest BCUT2D eigenvalue weighted by Gasteiger charge is -2.06. The molecular weight excluding hydrogens is 359 g/mol. The average Bonchev–Trinajstić information content (AvgIpc) is 2.86. The fourth-order valence-electron chi connectivity index (χ4n) is 2.15. The largest absolute Gasteiger partial charge is 0.436 e. The Morgan fingerprint density at radius 2 is 2.08 bits per heavy atom. The van der Waals surface area contributed by atoms with Crippen molar-refractivity contribution >= 4 is 49.9 Å². The van der Waals surface area contributed by atoms with E-state index in [1.807, 2.05) is 0 Å². The highest BCUT2D eigenvalue weighted by Crippen LogP contribution is 2.37. The summed E-state index contributed by atoms with van der Waals surface area (Å²) in [4.78, 5) is 3.84. The van der Waals surface area contributed by atoms with Gasteiger partial charge in [0.25, 0.3) is 10.0 Å². The lowest BCUT2D eigenvalue weighted by molar-refractivity contribution is 0.577. The van der Waals surface area contributed by atoms with Gasteiger partial charge in [-0.05, 0) is 31.3 Å². The number of pyridine rings is 1. The number of fused-ring (bicyclic) bond motifs is 1. The smallest absolute Gasteiger partial charge is 0.261 e. The Morgan fingerprint density at radius 1 is 1.33 bits per heavy atom. The van der Waals surface area contributed by atoms with Gasteiger partial charge < -0.3 is 15.5 Å². The molecule has 1 aromatic carbocycles. The summed E-state index contributed by atoms with van der Waals surface area (Å²) in [5.74, 6) is -0.593. The average molecular weight is 371 g/mol. The zero-order valence-corrected chi connectivity index (χ0v) is 13.9. The third-order valence-electron chi connectivity index (χ3n) is 3.31. The van der Waals surface area contributed by atoms with Crippen LogP contribution in [-0.4, -0.2) is 20.4 Å². The third-order valence-corrected chi connectivity index (χ3v) is 4.94. The van der Waals surface area contributed by atoms with Crippen LogP contribution >= 0.6 is 11.6 Å². The van der Waals surface area contributed by atoms with E-state index in [0.717, 1.165) is 0 Å². The van der Waals surface area contributed by atoms with Gasteiger partial charge in [0.1, 0.15) is 11.5 Å². The van der Waals surface area contributed by atoms with Gasteiger partial charge in [-0.15, -0.1) is 0 Å². The lowest BCUT2D eigenvalue weighted by Crippen LogP contribution is -2.19. The summed E-state index contributed by atoms with van der Waals surface area (Å²) in [6.45, 7) is 0. The Labute approximate surface area is 141 Å². The van der Waals surface area contributed by atoms with Crippen LogP contribution in [0.4, 0.5) is 21.6 Å². The van der Waals surface area contributed by atoms with Crippen molar-refractivity contribution in [3.8, 4) is 0 Å². The highest BCUT2D eigenvalue weighted by atomic mass is 35.5. The fourth-order valence-corrected chi connectivity index (χ4v) is 3.12. The van der Waals surface area contributed by atoms with Crippen molar-refractivity contribution in [3.63, 3.8) is 0 Å². The summed E-state index contributed by atoms with van der Waals surface area (Å²) in [7, 11) is -2.56. The number of nitrogen functional groups attached to an aromatic ring is 1. The quantitative estimate of drug-likeness (QED) is 0.651. The molecule has 0 spiro atoms. The molecule has 0 saturated carbocycles. The molecule has 2 aromatic heterocycles. The molecule has 0 bridgehead atoms. The van der Waals surface area contributed by atoms with E-state index in [9.17, 15) is 12.8 Å². The zero-order valence-electron chi connectivity index (χ0n) is 12.3. The normalized spacial score (nSPS) is 11.8. The van der Waals surface area contributed by atoms with E-state index in [-0.39, 0.29) is 21.5 Å². The van der Waals surface area contributed by atoms with Gasteiger partial charge >= 0.3 is 0 Å². The van der Waals surface area contributed by atoms with Gasteiger partial charge in [-0.2, -0.15) is 0 Å². The highest BCUT2D eigenvalue weighted by Gasteiger charge is 2.23. The second kappa shape index (κ2) is 5.93. The second-order valence-electron chi connectivity index (χ2n) is 4.80. The summed E-state index contributed by atoms with van der Waals surface area (Å²) < 4.78 is 44.8. The first-order valence-corrected chi connectivity index (χ1v) is 8.52. The van der Waals surface area contributed by atoms with Crippen LogP contribution in [0.2, 0.25) is 5.02 Å². The maximum absolute atomic E-state index is 13.2. The molecule has 3 rings (SSSR count). The van der Waals surface area contributed by atoms with Crippen LogP contribution in [0.5, 0.6) is 0 Å². The molecule has 0 radical (unpaired) electrons. The van der Waals surface area contributed by atoms with Gasteiger partial charge in [0.2, 0.25) is 10.9 Å². The van der Waals surface area contributed by atoms with Crippen molar-refractivity contribution in [2.75, 3.05) is 18.1 Å². The number of rotatable bonds is 4. The number of hydrogen-bond donors (Lipinski definition) is 3. The van der Waals surface area contributed by atoms with E-state index < -0.39 is 15.8 Å². The molecule has 4 N–H and O–H groups in total. The Bertz CT molecular complexity index is 1040. The zero-order chi connectivity index (χ0) is 17.5. The summed E-state index contributed by atoms with van der Waals surface area (Å²) in [6, 6.07) is 5.59. The van der Waals surface area contributed by atoms with Gasteiger partial charge in [0.05, 0.1) is 10.4 Å². The van der Waals surface area contributed by atoms with E-state index in [1.165, 1.54) is 31.4 Å². The van der Waals surface area contributed by atoms with Gasteiger partial charge in [-0.1, -0.05) is 11.6 Å². The Balaban J connectivity index is 2.14. The van der Waals surface area contributed by atoms with Crippen molar-refractivity contribution in [3.05, 3.63) is 41.3 Å². The number of nitrogens with two attached hydrogens (primary N) is 1. The van der Waals surface area contributed by atoms with Crippen LogP contribution < -0.4 is 15.8 Å². The van der Waals surface area contributed by atoms with Crippen LogP contribution in [0, 0.1) is 5.82 Å². The van der Waals surface area contributed by atoms with Crippen LogP contribution in [0.15, 0.2) is 39.9 Å². The van der Waals surface area contributed by atoms with E-state index in [1.54, 1.807) is 6.07 Å². The second-order valence-corrected chi connectivity index (χ2v) is 7.00. The molecule has 0 saturated heterocycles. The number of aromatic nitrogens is 1. The minimum absolute atomic E-state index is 0.0139. The maximum atomic E-state index is 13.2. The molecule has 0 unspecified atom stereocenters. The topological polar surface area (TPSA) is 110 Å². The molecule has 0 aliphatic carbocycles. The molecule has 24 heavy (non-hydrogen) atoms. The molecular formula is C14H12ClFN4O3S. The maximum Gasteiger partial charge on any atom is 0.261 e. The predicted octanol–water partition coefficient (Wildman–Crippen LogP) is 2.85. The van der Waals surface area contributed by atoms with E-state index >= 15 is 0 Å².